The molecule has 3 N–H and O–H groups in total. The first-order valence-corrected chi connectivity index (χ1v) is 5.86. The van der Waals surface area contributed by atoms with Gasteiger partial charge in [-0.25, -0.2) is 0 Å². The summed E-state index contributed by atoms with van der Waals surface area (Å²) in [5, 5.41) is 21.8. The number of phenols is 1. The number of hydrogen-bond acceptors (Lipinski definition) is 4. The Morgan fingerprint density at radius 2 is 1.88 bits per heavy atom. The van der Waals surface area contributed by atoms with Crippen LogP contribution in [0.25, 0.3) is 0 Å². The third-order valence-electron chi connectivity index (χ3n) is 2.27. The Morgan fingerprint density at radius 3 is 2.47 bits per heavy atom. The highest BCUT2D eigenvalue weighted by Crippen LogP contribution is 2.09. The molecule has 0 radical (unpaired) electrons. The highest BCUT2D eigenvalue weighted by atomic mass is 16.5. The van der Waals surface area contributed by atoms with Gasteiger partial charge in [-0.05, 0) is 31.5 Å². The van der Waals surface area contributed by atoms with E-state index in [1.807, 2.05) is 26.0 Å². The summed E-state index contributed by atoms with van der Waals surface area (Å²) in [4.78, 5) is 0. The van der Waals surface area contributed by atoms with Crippen LogP contribution in [0.4, 0.5) is 0 Å². The average molecular weight is 239 g/mol. The Labute approximate surface area is 102 Å². The van der Waals surface area contributed by atoms with Crippen molar-refractivity contribution >= 4 is 0 Å². The van der Waals surface area contributed by atoms with Crippen LogP contribution < -0.4 is 5.32 Å². The number of nitrogens with one attached hydrogen (secondary N) is 1. The van der Waals surface area contributed by atoms with E-state index in [0.717, 1.165) is 5.56 Å². The van der Waals surface area contributed by atoms with Gasteiger partial charge in [-0.3, -0.25) is 0 Å². The molecule has 0 saturated heterocycles. The second-order valence-electron chi connectivity index (χ2n) is 4.33. The molecular formula is C13H21NO3. The molecule has 0 saturated carbocycles. The van der Waals surface area contributed by atoms with Gasteiger partial charge >= 0.3 is 0 Å². The Morgan fingerprint density at radius 1 is 1.24 bits per heavy atom. The van der Waals surface area contributed by atoms with Crippen molar-refractivity contribution in [3.63, 3.8) is 0 Å². The maximum atomic E-state index is 9.59. The minimum atomic E-state index is -0.491. The molecule has 1 aromatic carbocycles. The van der Waals surface area contributed by atoms with Crippen LogP contribution in [0.15, 0.2) is 24.3 Å². The van der Waals surface area contributed by atoms with E-state index in [1.54, 1.807) is 12.1 Å². The molecule has 1 rings (SSSR count). The van der Waals surface area contributed by atoms with Crippen molar-refractivity contribution in [2.75, 3.05) is 13.2 Å². The van der Waals surface area contributed by atoms with Crippen molar-refractivity contribution in [2.45, 2.75) is 32.6 Å². The van der Waals surface area contributed by atoms with Crippen molar-refractivity contribution in [2.24, 2.45) is 0 Å². The molecule has 1 atom stereocenters. The lowest BCUT2D eigenvalue weighted by atomic mass is 10.2. The number of benzene rings is 1. The summed E-state index contributed by atoms with van der Waals surface area (Å²) in [6.07, 6.45) is -0.351. The summed E-state index contributed by atoms with van der Waals surface area (Å²) in [7, 11) is 0. The second-order valence-corrected chi connectivity index (χ2v) is 4.33. The third kappa shape index (κ3) is 6.26. The molecule has 0 aliphatic carbocycles. The molecule has 0 heterocycles. The lowest BCUT2D eigenvalue weighted by Crippen LogP contribution is -2.31. The number of aliphatic hydroxyl groups is 1. The monoisotopic (exact) mass is 239 g/mol. The van der Waals surface area contributed by atoms with E-state index in [9.17, 15) is 5.11 Å². The van der Waals surface area contributed by atoms with Crippen molar-refractivity contribution < 1.29 is 14.9 Å². The normalized spacial score (nSPS) is 12.9. The van der Waals surface area contributed by atoms with Gasteiger partial charge in [0.15, 0.2) is 0 Å². The molecule has 0 bridgehead atoms. The van der Waals surface area contributed by atoms with Crippen LogP contribution in [0, 0.1) is 0 Å². The Balaban J connectivity index is 2.16. The van der Waals surface area contributed by atoms with E-state index < -0.39 is 6.10 Å². The predicted octanol–water partition coefficient (Wildman–Crippen LogP) is 1.27. The van der Waals surface area contributed by atoms with Crippen LogP contribution in [0.5, 0.6) is 5.75 Å². The van der Waals surface area contributed by atoms with E-state index in [2.05, 4.69) is 5.32 Å². The fourth-order valence-electron chi connectivity index (χ4n) is 1.36. The fourth-order valence-corrected chi connectivity index (χ4v) is 1.36. The van der Waals surface area contributed by atoms with Crippen molar-refractivity contribution in [3.05, 3.63) is 29.8 Å². The molecule has 0 spiro atoms. The van der Waals surface area contributed by atoms with Gasteiger partial charge in [-0.1, -0.05) is 12.1 Å². The summed E-state index contributed by atoms with van der Waals surface area (Å²) < 4.78 is 5.30. The topological polar surface area (TPSA) is 61.7 Å². The van der Waals surface area contributed by atoms with Gasteiger partial charge in [0.05, 0.1) is 18.8 Å². The van der Waals surface area contributed by atoms with Crippen molar-refractivity contribution in [1.29, 1.82) is 0 Å². The molecule has 1 unspecified atom stereocenters. The number of aliphatic hydroxyl groups excluding tert-OH is 1. The summed E-state index contributed by atoms with van der Waals surface area (Å²) in [6.45, 7) is 5.39. The Bertz CT molecular complexity index is 311. The largest absolute Gasteiger partial charge is 0.508 e. The molecule has 0 aliphatic heterocycles. The maximum absolute atomic E-state index is 9.59. The summed E-state index contributed by atoms with van der Waals surface area (Å²) in [5.74, 6) is 0.263. The first-order valence-electron chi connectivity index (χ1n) is 5.86. The molecular weight excluding hydrogens is 218 g/mol. The lowest BCUT2D eigenvalue weighted by Gasteiger charge is -2.14. The molecule has 0 aliphatic rings. The van der Waals surface area contributed by atoms with Gasteiger partial charge < -0.3 is 20.3 Å². The van der Waals surface area contributed by atoms with Crippen LogP contribution >= 0.6 is 0 Å². The van der Waals surface area contributed by atoms with E-state index in [0.29, 0.717) is 19.7 Å². The molecule has 4 nitrogen and oxygen atoms in total. The molecule has 96 valence electrons. The third-order valence-corrected chi connectivity index (χ3v) is 2.27. The number of phenolic OH excluding ortho intramolecular Hbond substituents is 1. The molecule has 0 aromatic heterocycles. The van der Waals surface area contributed by atoms with E-state index >= 15 is 0 Å². The van der Waals surface area contributed by atoms with E-state index in [4.69, 9.17) is 9.84 Å². The van der Waals surface area contributed by atoms with E-state index in [1.165, 1.54) is 0 Å². The van der Waals surface area contributed by atoms with Gasteiger partial charge in [0.1, 0.15) is 5.75 Å². The van der Waals surface area contributed by atoms with Gasteiger partial charge in [-0.2, -0.15) is 0 Å². The van der Waals surface area contributed by atoms with Crippen LogP contribution in [0.3, 0.4) is 0 Å². The van der Waals surface area contributed by atoms with Crippen LogP contribution in [-0.2, 0) is 11.3 Å². The minimum Gasteiger partial charge on any atom is -0.508 e. The average Bonchev–Trinajstić information content (AvgIpc) is 2.29. The molecule has 4 heteroatoms. The number of rotatable bonds is 7. The lowest BCUT2D eigenvalue weighted by molar-refractivity contribution is 0.00630. The van der Waals surface area contributed by atoms with Gasteiger partial charge in [0.25, 0.3) is 0 Å². The first kappa shape index (κ1) is 14.0. The van der Waals surface area contributed by atoms with Crippen molar-refractivity contribution in [3.8, 4) is 5.75 Å². The van der Waals surface area contributed by atoms with Crippen LogP contribution in [0.2, 0.25) is 0 Å². The predicted molar refractivity (Wildman–Crippen MR) is 66.9 cm³/mol. The standard InChI is InChI=1S/C13H21NO3/c1-10(2)17-9-13(16)8-14-7-11-3-5-12(15)6-4-11/h3-6,10,13-16H,7-9H2,1-2H3. The van der Waals surface area contributed by atoms with Gasteiger partial charge in [-0.15, -0.1) is 0 Å². The van der Waals surface area contributed by atoms with Crippen molar-refractivity contribution in [1.82, 2.24) is 5.32 Å². The molecule has 0 amide bonds. The molecule has 0 fully saturated rings. The Hall–Kier alpha value is -1.10. The Kier molecular flexibility index (Phi) is 5.97. The fraction of sp³-hybridized carbons (Fsp3) is 0.538. The number of hydrogen-bond donors (Lipinski definition) is 3. The SMILES string of the molecule is CC(C)OCC(O)CNCc1ccc(O)cc1. The quantitative estimate of drug-likeness (QED) is 0.670. The zero-order chi connectivity index (χ0) is 12.7. The zero-order valence-electron chi connectivity index (χ0n) is 10.4. The second kappa shape index (κ2) is 7.27. The zero-order valence-corrected chi connectivity index (χ0v) is 10.4. The van der Waals surface area contributed by atoms with Crippen LogP contribution in [-0.4, -0.2) is 35.6 Å². The van der Waals surface area contributed by atoms with E-state index in [-0.39, 0.29) is 11.9 Å². The van der Waals surface area contributed by atoms with Gasteiger partial charge in [0, 0.05) is 13.1 Å². The summed E-state index contributed by atoms with van der Waals surface area (Å²) >= 11 is 0. The summed E-state index contributed by atoms with van der Waals surface area (Å²) in [6, 6.07) is 6.99. The molecule has 1 aromatic rings. The number of ether oxygens (including phenoxy) is 1. The van der Waals surface area contributed by atoms with Crippen LogP contribution in [0.1, 0.15) is 19.4 Å². The highest BCUT2D eigenvalue weighted by molar-refractivity contribution is 5.25. The summed E-state index contributed by atoms with van der Waals surface area (Å²) in [5.41, 5.74) is 1.07. The maximum Gasteiger partial charge on any atom is 0.115 e. The highest BCUT2D eigenvalue weighted by Gasteiger charge is 2.05. The smallest absolute Gasteiger partial charge is 0.115 e. The minimum absolute atomic E-state index is 0.141. The van der Waals surface area contributed by atoms with Gasteiger partial charge in [0.2, 0.25) is 0 Å². The first-order chi connectivity index (χ1) is 8.08. The number of aromatic hydroxyl groups is 1. The molecule has 17 heavy (non-hydrogen) atoms.